The fraction of sp³-hybridized carbons (Fsp3) is 0.214. The van der Waals surface area contributed by atoms with Crippen molar-refractivity contribution in [1.29, 1.82) is 0 Å². The van der Waals surface area contributed by atoms with Gasteiger partial charge in [0.2, 0.25) is 0 Å². The van der Waals surface area contributed by atoms with Crippen molar-refractivity contribution in [2.45, 2.75) is 6.61 Å². The van der Waals surface area contributed by atoms with Gasteiger partial charge in [-0.05, 0) is 24.3 Å². The third-order valence-corrected chi connectivity index (χ3v) is 2.44. The largest absolute Gasteiger partial charge is 0.491 e. The molecular formula is C14H17N3O2. The Balaban J connectivity index is 1.66. The van der Waals surface area contributed by atoms with Crippen LogP contribution in [0.1, 0.15) is 5.69 Å². The number of rotatable bonds is 7. The first-order valence-corrected chi connectivity index (χ1v) is 6.06. The zero-order valence-electron chi connectivity index (χ0n) is 10.6. The van der Waals surface area contributed by atoms with E-state index >= 15 is 0 Å². The van der Waals surface area contributed by atoms with Gasteiger partial charge in [0.15, 0.2) is 0 Å². The van der Waals surface area contributed by atoms with Crippen molar-refractivity contribution in [3.05, 3.63) is 54.2 Å². The summed E-state index contributed by atoms with van der Waals surface area (Å²) in [5.41, 5.74) is 3.33. The van der Waals surface area contributed by atoms with E-state index in [4.69, 9.17) is 15.3 Å². The highest BCUT2D eigenvalue weighted by Crippen LogP contribution is 2.08. The minimum absolute atomic E-state index is 0.438. The second-order valence-electron chi connectivity index (χ2n) is 3.87. The van der Waals surface area contributed by atoms with Crippen LogP contribution >= 0.6 is 0 Å². The maximum Gasteiger partial charge on any atom is 0.140 e. The summed E-state index contributed by atoms with van der Waals surface area (Å²) in [4.78, 5) is 4.25. The van der Waals surface area contributed by atoms with Crippen molar-refractivity contribution >= 4 is 5.82 Å². The van der Waals surface area contributed by atoms with E-state index in [1.807, 2.05) is 42.5 Å². The Morgan fingerprint density at radius 2 is 1.84 bits per heavy atom. The van der Waals surface area contributed by atoms with E-state index in [9.17, 15) is 0 Å². The lowest BCUT2D eigenvalue weighted by atomic mass is 10.3. The van der Waals surface area contributed by atoms with Crippen molar-refractivity contribution < 1.29 is 9.47 Å². The second kappa shape index (κ2) is 7.35. The highest BCUT2D eigenvalue weighted by molar-refractivity contribution is 5.33. The molecule has 0 radical (unpaired) electrons. The molecule has 0 aliphatic heterocycles. The second-order valence-corrected chi connectivity index (χ2v) is 3.87. The quantitative estimate of drug-likeness (QED) is 0.452. The Labute approximate surface area is 112 Å². The molecule has 0 aliphatic carbocycles. The summed E-state index contributed by atoms with van der Waals surface area (Å²) in [7, 11) is 0. The van der Waals surface area contributed by atoms with Gasteiger partial charge in [-0.1, -0.05) is 24.3 Å². The number of ether oxygens (including phenoxy) is 2. The standard InChI is InChI=1S/C14H17N3O2/c15-17-14-8-4-5-12(16-14)11-18-9-10-19-13-6-2-1-3-7-13/h1-8H,9-11,15H2,(H,16,17). The van der Waals surface area contributed by atoms with Gasteiger partial charge in [0, 0.05) is 0 Å². The Morgan fingerprint density at radius 3 is 2.63 bits per heavy atom. The molecule has 0 aliphatic rings. The van der Waals surface area contributed by atoms with Crippen LogP contribution in [-0.4, -0.2) is 18.2 Å². The monoisotopic (exact) mass is 259 g/mol. The van der Waals surface area contributed by atoms with Gasteiger partial charge in [-0.2, -0.15) is 0 Å². The molecule has 5 nitrogen and oxygen atoms in total. The molecule has 100 valence electrons. The average molecular weight is 259 g/mol. The number of benzene rings is 1. The lowest BCUT2D eigenvalue weighted by Gasteiger charge is -2.07. The first-order chi connectivity index (χ1) is 9.38. The van der Waals surface area contributed by atoms with Crippen LogP contribution in [0.5, 0.6) is 5.75 Å². The number of nitrogens with one attached hydrogen (secondary N) is 1. The van der Waals surface area contributed by atoms with Crippen LogP contribution in [0.25, 0.3) is 0 Å². The fourth-order valence-electron chi connectivity index (χ4n) is 1.55. The normalized spacial score (nSPS) is 10.2. The molecule has 0 unspecified atom stereocenters. The smallest absolute Gasteiger partial charge is 0.140 e. The van der Waals surface area contributed by atoms with Crippen LogP contribution in [0.3, 0.4) is 0 Å². The zero-order chi connectivity index (χ0) is 13.3. The first kappa shape index (κ1) is 13.3. The summed E-state index contributed by atoms with van der Waals surface area (Å²) in [6, 6.07) is 15.2. The molecule has 0 fully saturated rings. The molecule has 0 saturated heterocycles. The van der Waals surface area contributed by atoms with E-state index in [0.29, 0.717) is 25.6 Å². The Hall–Kier alpha value is -2.11. The summed E-state index contributed by atoms with van der Waals surface area (Å²) in [6.07, 6.45) is 0. The van der Waals surface area contributed by atoms with Gasteiger partial charge in [0.05, 0.1) is 18.9 Å². The van der Waals surface area contributed by atoms with Crippen LogP contribution in [-0.2, 0) is 11.3 Å². The molecule has 0 saturated carbocycles. The summed E-state index contributed by atoms with van der Waals surface area (Å²) in [5, 5.41) is 0. The summed E-state index contributed by atoms with van der Waals surface area (Å²) >= 11 is 0. The van der Waals surface area contributed by atoms with Gasteiger partial charge < -0.3 is 14.9 Å². The molecule has 2 rings (SSSR count). The van der Waals surface area contributed by atoms with Crippen molar-refractivity contribution in [2.24, 2.45) is 5.84 Å². The summed E-state index contributed by atoms with van der Waals surface area (Å²) in [6.45, 7) is 1.46. The van der Waals surface area contributed by atoms with Crippen LogP contribution in [0.15, 0.2) is 48.5 Å². The predicted octanol–water partition coefficient (Wildman–Crippen LogP) is 1.96. The number of hydrazine groups is 1. The first-order valence-electron chi connectivity index (χ1n) is 6.06. The van der Waals surface area contributed by atoms with Crippen LogP contribution in [0.4, 0.5) is 5.82 Å². The lowest BCUT2D eigenvalue weighted by Crippen LogP contribution is -2.10. The van der Waals surface area contributed by atoms with Gasteiger partial charge in [0.25, 0.3) is 0 Å². The Morgan fingerprint density at radius 1 is 1.00 bits per heavy atom. The molecule has 0 spiro atoms. The molecule has 3 N–H and O–H groups in total. The molecule has 1 aromatic heterocycles. The number of para-hydroxylation sites is 1. The highest BCUT2D eigenvalue weighted by atomic mass is 16.5. The maximum absolute atomic E-state index is 5.51. The molecule has 2 aromatic rings. The van der Waals surface area contributed by atoms with E-state index in [0.717, 1.165) is 11.4 Å². The van der Waals surface area contributed by atoms with Crippen molar-refractivity contribution in [1.82, 2.24) is 4.98 Å². The molecule has 19 heavy (non-hydrogen) atoms. The van der Waals surface area contributed by atoms with Crippen molar-refractivity contribution in [2.75, 3.05) is 18.6 Å². The third kappa shape index (κ3) is 4.57. The molecule has 0 atom stereocenters. The molecule has 0 amide bonds. The minimum Gasteiger partial charge on any atom is -0.491 e. The predicted molar refractivity (Wildman–Crippen MR) is 73.6 cm³/mol. The number of hydrogen-bond donors (Lipinski definition) is 2. The molecular weight excluding hydrogens is 242 g/mol. The van der Waals surface area contributed by atoms with E-state index in [1.165, 1.54) is 0 Å². The van der Waals surface area contributed by atoms with Crippen LogP contribution in [0, 0.1) is 0 Å². The van der Waals surface area contributed by atoms with Gasteiger partial charge in [-0.25, -0.2) is 10.8 Å². The van der Waals surface area contributed by atoms with Gasteiger partial charge in [-0.15, -0.1) is 0 Å². The number of nitrogens with two attached hydrogens (primary N) is 1. The van der Waals surface area contributed by atoms with Gasteiger partial charge in [-0.3, -0.25) is 0 Å². The number of anilines is 1. The number of pyridine rings is 1. The fourth-order valence-corrected chi connectivity index (χ4v) is 1.55. The van der Waals surface area contributed by atoms with Gasteiger partial charge >= 0.3 is 0 Å². The van der Waals surface area contributed by atoms with E-state index in [1.54, 1.807) is 6.07 Å². The summed E-state index contributed by atoms with van der Waals surface area (Å²) in [5.74, 6) is 6.76. The van der Waals surface area contributed by atoms with Crippen molar-refractivity contribution in [3.8, 4) is 5.75 Å². The van der Waals surface area contributed by atoms with Gasteiger partial charge in [0.1, 0.15) is 18.2 Å². The van der Waals surface area contributed by atoms with Crippen molar-refractivity contribution in [3.63, 3.8) is 0 Å². The Kier molecular flexibility index (Phi) is 5.16. The zero-order valence-corrected chi connectivity index (χ0v) is 10.6. The minimum atomic E-state index is 0.438. The third-order valence-electron chi connectivity index (χ3n) is 2.44. The maximum atomic E-state index is 5.51. The number of nitrogen functional groups attached to an aromatic ring is 1. The molecule has 1 heterocycles. The summed E-state index contributed by atoms with van der Waals surface area (Å²) < 4.78 is 11.0. The number of nitrogens with zero attached hydrogens (tertiary/aromatic N) is 1. The molecule has 0 bridgehead atoms. The Bertz CT molecular complexity index is 491. The average Bonchev–Trinajstić information content (AvgIpc) is 2.48. The molecule has 5 heteroatoms. The molecule has 1 aromatic carbocycles. The number of hydrogen-bond acceptors (Lipinski definition) is 5. The van der Waals surface area contributed by atoms with E-state index < -0.39 is 0 Å². The van der Waals surface area contributed by atoms with E-state index in [-0.39, 0.29) is 0 Å². The van der Waals surface area contributed by atoms with Crippen LogP contribution < -0.4 is 16.0 Å². The topological polar surface area (TPSA) is 69.4 Å². The lowest BCUT2D eigenvalue weighted by molar-refractivity contribution is 0.0870. The van der Waals surface area contributed by atoms with E-state index in [2.05, 4.69) is 10.4 Å². The SMILES string of the molecule is NNc1cccc(COCCOc2ccccc2)n1. The van der Waals surface area contributed by atoms with Crippen LogP contribution in [0.2, 0.25) is 0 Å². The highest BCUT2D eigenvalue weighted by Gasteiger charge is 1.97. The number of aromatic nitrogens is 1.